The third-order valence-corrected chi connectivity index (χ3v) is 4.79. The van der Waals surface area contributed by atoms with E-state index in [1.54, 1.807) is 18.2 Å². The third-order valence-electron chi connectivity index (χ3n) is 4.54. The molecule has 1 aromatic heterocycles. The van der Waals surface area contributed by atoms with Gasteiger partial charge in [0.1, 0.15) is 5.69 Å². The number of hydrogen-bond donors (Lipinski definition) is 3. The number of hydrogen-bond acceptors (Lipinski definition) is 3. The van der Waals surface area contributed by atoms with E-state index in [-0.39, 0.29) is 29.5 Å². The van der Waals surface area contributed by atoms with Crippen molar-refractivity contribution in [2.75, 3.05) is 0 Å². The summed E-state index contributed by atoms with van der Waals surface area (Å²) in [4.78, 5) is 23.4. The monoisotopic (exact) mass is 346 g/mol. The van der Waals surface area contributed by atoms with Crippen molar-refractivity contribution in [1.82, 2.24) is 15.5 Å². The van der Waals surface area contributed by atoms with Gasteiger partial charge in [0.15, 0.2) is 0 Å². The van der Waals surface area contributed by atoms with Gasteiger partial charge in [0.05, 0.1) is 5.92 Å². The molecule has 1 heterocycles. The first-order chi connectivity index (χ1) is 11.4. The highest BCUT2D eigenvalue weighted by atomic mass is 35.5. The van der Waals surface area contributed by atoms with Crippen molar-refractivity contribution in [3.63, 3.8) is 0 Å². The molecular weight excluding hydrogens is 328 g/mol. The molecule has 1 unspecified atom stereocenters. The fourth-order valence-corrected chi connectivity index (χ4v) is 3.02. The number of benzene rings is 1. The first-order valence-corrected chi connectivity index (χ1v) is 8.22. The Labute approximate surface area is 144 Å². The normalized spacial score (nSPS) is 20.9. The molecule has 24 heavy (non-hydrogen) atoms. The summed E-state index contributed by atoms with van der Waals surface area (Å²) in [6.45, 7) is 1.88. The Kier molecular flexibility index (Phi) is 4.57. The number of nitrogens with one attached hydrogen (secondary N) is 2. The number of aromatic nitrogens is 2. The highest BCUT2D eigenvalue weighted by Gasteiger charge is 2.33. The van der Waals surface area contributed by atoms with E-state index in [4.69, 9.17) is 17.3 Å². The zero-order valence-corrected chi connectivity index (χ0v) is 14.0. The lowest BCUT2D eigenvalue weighted by molar-refractivity contribution is -0.123. The summed E-state index contributed by atoms with van der Waals surface area (Å²) in [5.41, 5.74) is 7.26. The number of aromatic amines is 1. The molecule has 3 rings (SSSR count). The van der Waals surface area contributed by atoms with Gasteiger partial charge in [-0.15, -0.1) is 0 Å². The molecule has 1 saturated carbocycles. The van der Waals surface area contributed by atoms with Gasteiger partial charge in [-0.2, -0.15) is 5.10 Å². The second kappa shape index (κ2) is 6.65. The molecule has 1 fully saturated rings. The zero-order chi connectivity index (χ0) is 17.3. The SMILES string of the molecule is CC(C(=O)NC1CC(c2cc(C(N)=O)n[nH]2)C1)c1ccc(Cl)cc1. The van der Waals surface area contributed by atoms with Gasteiger partial charge in [-0.05, 0) is 43.5 Å². The summed E-state index contributed by atoms with van der Waals surface area (Å²) >= 11 is 5.87. The van der Waals surface area contributed by atoms with Crippen LogP contribution in [-0.4, -0.2) is 28.1 Å². The third kappa shape index (κ3) is 3.43. The number of nitrogens with two attached hydrogens (primary N) is 1. The Balaban J connectivity index is 1.52. The number of primary amides is 1. The zero-order valence-electron chi connectivity index (χ0n) is 13.3. The van der Waals surface area contributed by atoms with Crippen LogP contribution in [0.3, 0.4) is 0 Å². The predicted molar refractivity (Wildman–Crippen MR) is 90.9 cm³/mol. The van der Waals surface area contributed by atoms with Crippen molar-refractivity contribution in [3.05, 3.63) is 52.3 Å². The highest BCUT2D eigenvalue weighted by Crippen LogP contribution is 2.36. The molecule has 1 aromatic carbocycles. The van der Waals surface area contributed by atoms with Crippen LogP contribution < -0.4 is 11.1 Å². The largest absolute Gasteiger partial charge is 0.364 e. The lowest BCUT2D eigenvalue weighted by Gasteiger charge is -2.35. The highest BCUT2D eigenvalue weighted by molar-refractivity contribution is 6.30. The quantitative estimate of drug-likeness (QED) is 0.774. The number of amides is 2. The van der Waals surface area contributed by atoms with Crippen molar-refractivity contribution < 1.29 is 9.59 Å². The molecule has 1 atom stereocenters. The van der Waals surface area contributed by atoms with E-state index in [1.165, 1.54) is 0 Å². The molecule has 0 aliphatic heterocycles. The van der Waals surface area contributed by atoms with Crippen molar-refractivity contribution >= 4 is 23.4 Å². The predicted octanol–water partition coefficient (Wildman–Crippen LogP) is 2.33. The van der Waals surface area contributed by atoms with Crippen LogP contribution in [0.25, 0.3) is 0 Å². The number of carbonyl (C=O) groups excluding carboxylic acids is 2. The molecule has 7 heteroatoms. The van der Waals surface area contributed by atoms with Gasteiger partial charge in [-0.1, -0.05) is 23.7 Å². The summed E-state index contributed by atoms with van der Waals surface area (Å²) in [6, 6.07) is 9.13. The minimum absolute atomic E-state index is 0.00297. The first-order valence-electron chi connectivity index (χ1n) is 7.85. The van der Waals surface area contributed by atoms with Crippen LogP contribution >= 0.6 is 11.6 Å². The Morgan fingerprint density at radius 2 is 2.00 bits per heavy atom. The van der Waals surface area contributed by atoms with E-state index >= 15 is 0 Å². The van der Waals surface area contributed by atoms with Crippen molar-refractivity contribution in [2.45, 2.75) is 37.6 Å². The van der Waals surface area contributed by atoms with Crippen molar-refractivity contribution in [3.8, 4) is 0 Å². The lowest BCUT2D eigenvalue weighted by atomic mass is 9.78. The van der Waals surface area contributed by atoms with E-state index in [2.05, 4.69) is 15.5 Å². The van der Waals surface area contributed by atoms with Gasteiger partial charge in [0, 0.05) is 22.7 Å². The summed E-state index contributed by atoms with van der Waals surface area (Å²) in [6.07, 6.45) is 1.64. The Morgan fingerprint density at radius 3 is 2.58 bits per heavy atom. The van der Waals surface area contributed by atoms with E-state index < -0.39 is 5.91 Å². The number of carbonyl (C=O) groups is 2. The Hall–Kier alpha value is -2.34. The van der Waals surface area contributed by atoms with Gasteiger partial charge < -0.3 is 11.1 Å². The fourth-order valence-electron chi connectivity index (χ4n) is 2.89. The second-order valence-corrected chi connectivity index (χ2v) is 6.66. The molecule has 0 radical (unpaired) electrons. The van der Waals surface area contributed by atoms with E-state index in [0.717, 1.165) is 24.1 Å². The van der Waals surface area contributed by atoms with Crippen molar-refractivity contribution in [1.29, 1.82) is 0 Å². The van der Waals surface area contributed by atoms with Crippen LogP contribution in [-0.2, 0) is 4.79 Å². The van der Waals surface area contributed by atoms with Crippen LogP contribution in [0, 0.1) is 0 Å². The maximum atomic E-state index is 12.3. The fraction of sp³-hybridized carbons (Fsp3) is 0.353. The second-order valence-electron chi connectivity index (χ2n) is 6.22. The Bertz CT molecular complexity index is 750. The number of H-pyrrole nitrogens is 1. The maximum absolute atomic E-state index is 12.3. The van der Waals surface area contributed by atoms with Gasteiger partial charge in [0.2, 0.25) is 5.91 Å². The number of halogens is 1. The summed E-state index contributed by atoms with van der Waals surface area (Å²) in [7, 11) is 0. The van der Waals surface area contributed by atoms with Crippen LogP contribution in [0.2, 0.25) is 5.02 Å². The van der Waals surface area contributed by atoms with Crippen LogP contribution in [0.5, 0.6) is 0 Å². The molecule has 2 amide bonds. The molecule has 126 valence electrons. The topological polar surface area (TPSA) is 101 Å². The van der Waals surface area contributed by atoms with Crippen LogP contribution in [0.4, 0.5) is 0 Å². The molecule has 4 N–H and O–H groups in total. The number of rotatable bonds is 5. The minimum Gasteiger partial charge on any atom is -0.364 e. The van der Waals surface area contributed by atoms with Gasteiger partial charge in [-0.25, -0.2) is 0 Å². The van der Waals surface area contributed by atoms with Crippen LogP contribution in [0.15, 0.2) is 30.3 Å². The summed E-state index contributed by atoms with van der Waals surface area (Å²) in [5, 5.41) is 10.4. The summed E-state index contributed by atoms with van der Waals surface area (Å²) < 4.78 is 0. The molecule has 1 aliphatic rings. The van der Waals surface area contributed by atoms with Crippen molar-refractivity contribution in [2.24, 2.45) is 5.73 Å². The summed E-state index contributed by atoms with van der Waals surface area (Å²) in [5.74, 6) is -0.502. The Morgan fingerprint density at radius 1 is 1.33 bits per heavy atom. The van der Waals surface area contributed by atoms with Gasteiger partial charge in [-0.3, -0.25) is 14.7 Å². The minimum atomic E-state index is -0.543. The standard InChI is InChI=1S/C17H19ClN4O2/c1-9(10-2-4-12(18)5-3-10)17(24)20-13-6-11(7-13)14-8-15(16(19)23)22-21-14/h2-5,8-9,11,13H,6-7H2,1H3,(H2,19,23)(H,20,24)(H,21,22). The molecule has 0 saturated heterocycles. The maximum Gasteiger partial charge on any atom is 0.269 e. The molecule has 0 spiro atoms. The average molecular weight is 347 g/mol. The molecular formula is C17H19ClN4O2. The number of nitrogens with zero attached hydrogens (tertiary/aromatic N) is 1. The smallest absolute Gasteiger partial charge is 0.269 e. The molecule has 0 bridgehead atoms. The van der Waals surface area contributed by atoms with E-state index in [9.17, 15) is 9.59 Å². The van der Waals surface area contributed by atoms with E-state index in [1.807, 2.05) is 19.1 Å². The molecule has 1 aliphatic carbocycles. The van der Waals surface area contributed by atoms with Crippen LogP contribution in [0.1, 0.15) is 53.3 Å². The van der Waals surface area contributed by atoms with Gasteiger partial charge in [0.25, 0.3) is 5.91 Å². The van der Waals surface area contributed by atoms with Gasteiger partial charge >= 0.3 is 0 Å². The lowest BCUT2D eigenvalue weighted by Crippen LogP contribution is -2.44. The van der Waals surface area contributed by atoms with E-state index in [0.29, 0.717) is 5.02 Å². The molecule has 2 aromatic rings. The average Bonchev–Trinajstić information content (AvgIpc) is 3.00. The first kappa shape index (κ1) is 16.5. The molecule has 6 nitrogen and oxygen atoms in total.